The summed E-state index contributed by atoms with van der Waals surface area (Å²) in [5.74, 6) is 3.43. The summed E-state index contributed by atoms with van der Waals surface area (Å²) in [6.45, 7) is 73.7. The summed E-state index contributed by atoms with van der Waals surface area (Å²) in [7, 11) is -0.418. The highest BCUT2D eigenvalue weighted by atomic mass is 79.9. The van der Waals surface area contributed by atoms with E-state index in [1.807, 2.05) is 18.5 Å². The zero-order valence-corrected chi connectivity index (χ0v) is 83.4. The monoisotopic (exact) mass is 1720 g/mol. The van der Waals surface area contributed by atoms with E-state index in [1.54, 1.807) is 0 Å². The fourth-order valence-electron chi connectivity index (χ4n) is 19.8. The fourth-order valence-corrected chi connectivity index (χ4v) is 20.3. The molecule has 10 aromatic carbocycles. The van der Waals surface area contributed by atoms with Crippen molar-refractivity contribution < 1.29 is 9.31 Å². The highest BCUT2D eigenvalue weighted by molar-refractivity contribution is 9.10. The molecule has 1 fully saturated rings. The fraction of sp³-hybridized carbons (Fsp3) is 0.431. The third-order valence-corrected chi connectivity index (χ3v) is 25.7. The van der Waals surface area contributed by atoms with Gasteiger partial charge in [-0.25, -0.2) is 9.97 Å². The summed E-state index contributed by atoms with van der Waals surface area (Å²) >= 11 is 3.69. The molecule has 0 atom stereocenters. The van der Waals surface area contributed by atoms with Gasteiger partial charge in [0.2, 0.25) is 0 Å². The summed E-state index contributed by atoms with van der Waals surface area (Å²) < 4.78 is 18.8. The normalized spacial score (nSPS) is 14.2. The lowest BCUT2D eigenvalue weighted by Crippen LogP contribution is -2.41. The lowest BCUT2D eigenvalue weighted by atomic mass is 9.72. The lowest BCUT2D eigenvalue weighted by molar-refractivity contribution is 0.00578. The van der Waals surface area contributed by atoms with Crippen molar-refractivity contribution >= 4 is 28.5 Å². The van der Waals surface area contributed by atoms with Crippen LogP contribution < -0.4 is 5.46 Å². The molecule has 0 N–H and O–H groups in total. The van der Waals surface area contributed by atoms with E-state index in [0.29, 0.717) is 23.7 Å². The Morgan fingerprint density at radius 1 is 0.298 bits per heavy atom. The van der Waals surface area contributed by atoms with E-state index in [1.165, 1.54) is 112 Å². The predicted molar refractivity (Wildman–Crippen MR) is 540 cm³/mol. The molecule has 2 aromatic heterocycles. The van der Waals surface area contributed by atoms with Crippen LogP contribution in [0.3, 0.4) is 0 Å². The Labute approximate surface area is 759 Å². The quantitative estimate of drug-likeness (QED) is 0.0635. The van der Waals surface area contributed by atoms with Gasteiger partial charge in [-0.3, -0.25) is 9.13 Å². The molecule has 654 valence electrons. The van der Waals surface area contributed by atoms with E-state index in [2.05, 4.69) is 476 Å². The lowest BCUT2D eigenvalue weighted by Gasteiger charge is -2.33. The van der Waals surface area contributed by atoms with Gasteiger partial charge in [0.1, 0.15) is 11.6 Å². The van der Waals surface area contributed by atoms with Gasteiger partial charge in [0, 0.05) is 40.4 Å². The molecular weight excluding hydrogens is 1570 g/mol. The van der Waals surface area contributed by atoms with Gasteiger partial charge >= 0.3 is 7.12 Å². The molecule has 1 saturated heterocycles. The van der Waals surface area contributed by atoms with Crippen LogP contribution in [0.25, 0.3) is 89.8 Å². The third-order valence-electron chi connectivity index (χ3n) is 25.3. The van der Waals surface area contributed by atoms with Crippen LogP contribution in [0.5, 0.6) is 0 Å². The topological polar surface area (TPSA) is 54.1 Å². The van der Waals surface area contributed by atoms with Crippen LogP contribution in [0.1, 0.15) is 315 Å². The largest absolute Gasteiger partial charge is 0.494 e. The molecule has 0 unspecified atom stereocenters. The second-order valence-corrected chi connectivity index (χ2v) is 46.5. The summed E-state index contributed by atoms with van der Waals surface area (Å²) in [5, 5.41) is 0. The molecule has 0 bridgehead atoms. The number of halogens is 1. The Kier molecular flexibility index (Phi) is 28.7. The minimum Gasteiger partial charge on any atom is -0.399 e. The number of imidazole rings is 2. The molecule has 0 spiro atoms. The van der Waals surface area contributed by atoms with E-state index in [-0.39, 0.29) is 43.3 Å². The van der Waals surface area contributed by atoms with E-state index < -0.39 is 18.3 Å². The van der Waals surface area contributed by atoms with Crippen molar-refractivity contribution in [1.82, 2.24) is 19.1 Å². The summed E-state index contributed by atoms with van der Waals surface area (Å²) in [6.07, 6.45) is 12.5. The first-order chi connectivity index (χ1) is 57.6. The predicted octanol–water partition coefficient (Wildman–Crippen LogP) is 33.5. The van der Waals surface area contributed by atoms with E-state index in [0.717, 1.165) is 58.4 Å². The standard InChI is InChI=1S/C55H68N2.C40H57BO2.C21H23BrN2/c1-37(2)48-33-45(34-49(38(3)4)50(48)57-29-28-56-51(57)41-18-16-15-17-19-41)44-31-42(39-20-24-46(25-21-39)54(11,12)35-52(5,6)7)30-43(32-44)40-22-26-47(27-23-40)55(13,14)36-53(8,9)10;1-35(2,3)26-37(7,8)32-19-15-28(16-20-32)30-23-31(25-34(24-30)41-42-39(11,12)40(13,14)43-41)29-17-21-33(22-18-29)38(9,10)27-36(4,5)6;1-14(2)18-12-17(22)13-19(15(3)4)20(18)24-11-10-23-21(24)16-8-6-5-7-9-16/h15-34,37-38H,35-36H2,1-14H3;15-25H,26-27H2,1-14H3;5-15H,1-4H3. The maximum Gasteiger partial charge on any atom is 0.494 e. The van der Waals surface area contributed by atoms with Gasteiger partial charge in [0.25, 0.3) is 0 Å². The van der Waals surface area contributed by atoms with Gasteiger partial charge in [0.05, 0.1) is 22.6 Å². The van der Waals surface area contributed by atoms with Crippen LogP contribution in [0, 0.1) is 21.7 Å². The summed E-state index contributed by atoms with van der Waals surface area (Å²) in [6, 6.07) is 81.5. The Morgan fingerprint density at radius 2 is 0.532 bits per heavy atom. The number of hydrogen-bond donors (Lipinski definition) is 0. The SMILES string of the molecule is CC(C)(C)CC(C)(C)c1ccc(-c2cc(B3OC(C)(C)C(C)(C)O3)cc(-c3ccc(C(C)(C)CC(C)(C)C)cc3)c2)cc1.CC(C)c1cc(-c2cc(-c3ccc(C(C)(C)CC(C)(C)C)cc3)cc(-c3ccc(C(C)(C)CC(C)(C)C)cc3)c2)cc(C(C)C)c1-n1ccnc1-c1ccccc1.CC(C)c1cc(Br)cc(C(C)C)c1-n1ccnc1-c1ccccc1. The number of benzene rings is 10. The van der Waals surface area contributed by atoms with Crippen molar-refractivity contribution in [3.63, 3.8) is 0 Å². The average molecular weight is 1720 g/mol. The number of rotatable bonds is 22. The van der Waals surface area contributed by atoms with Crippen LogP contribution in [0.4, 0.5) is 0 Å². The Morgan fingerprint density at radius 3 is 0.782 bits per heavy atom. The molecule has 1 aliphatic heterocycles. The molecule has 13 rings (SSSR count). The van der Waals surface area contributed by atoms with Crippen molar-refractivity contribution in [2.45, 2.75) is 304 Å². The first-order valence-electron chi connectivity index (χ1n) is 45.9. The average Bonchev–Trinajstić information content (AvgIpc) is 1.11. The van der Waals surface area contributed by atoms with Crippen LogP contribution in [-0.2, 0) is 31.0 Å². The van der Waals surface area contributed by atoms with E-state index in [9.17, 15) is 0 Å². The molecule has 0 aliphatic carbocycles. The van der Waals surface area contributed by atoms with E-state index in [4.69, 9.17) is 14.3 Å². The van der Waals surface area contributed by atoms with Gasteiger partial charge in [-0.2, -0.15) is 0 Å². The maximum atomic E-state index is 6.53. The zero-order chi connectivity index (χ0) is 91.0. The zero-order valence-electron chi connectivity index (χ0n) is 81.8. The van der Waals surface area contributed by atoms with Gasteiger partial charge in [-0.15, -0.1) is 0 Å². The van der Waals surface area contributed by atoms with Crippen molar-refractivity contribution in [3.8, 4) is 89.8 Å². The first-order valence-corrected chi connectivity index (χ1v) is 46.7. The van der Waals surface area contributed by atoms with Gasteiger partial charge in [0.15, 0.2) is 0 Å². The third kappa shape index (κ3) is 23.5. The summed E-state index contributed by atoms with van der Waals surface area (Å²) in [5.41, 5.74) is 29.5. The van der Waals surface area contributed by atoms with Crippen LogP contribution in [0.2, 0.25) is 0 Å². The Balaban J connectivity index is 0.000000196. The molecule has 12 aromatic rings. The summed E-state index contributed by atoms with van der Waals surface area (Å²) in [4.78, 5) is 9.51. The molecular formula is C116H148BBrN4O2. The Hall–Kier alpha value is -8.92. The number of hydrogen-bond acceptors (Lipinski definition) is 4. The Bertz CT molecular complexity index is 5330. The molecule has 0 amide bonds. The highest BCUT2D eigenvalue weighted by Crippen LogP contribution is 2.47. The van der Waals surface area contributed by atoms with Gasteiger partial charge < -0.3 is 9.31 Å². The van der Waals surface area contributed by atoms with Gasteiger partial charge in [-0.05, 0) is 275 Å². The molecule has 0 saturated carbocycles. The minimum atomic E-state index is -0.418. The molecule has 6 nitrogen and oxygen atoms in total. The van der Waals surface area contributed by atoms with Crippen LogP contribution >= 0.6 is 15.9 Å². The molecule has 8 heteroatoms. The molecule has 0 radical (unpaired) electrons. The second-order valence-electron chi connectivity index (χ2n) is 45.6. The highest BCUT2D eigenvalue weighted by Gasteiger charge is 2.52. The molecule has 3 heterocycles. The van der Waals surface area contributed by atoms with Crippen molar-refractivity contribution in [1.29, 1.82) is 0 Å². The second kappa shape index (κ2) is 37.2. The van der Waals surface area contributed by atoms with Crippen LogP contribution in [-0.4, -0.2) is 37.4 Å². The maximum absolute atomic E-state index is 6.53. The van der Waals surface area contributed by atoms with Crippen molar-refractivity contribution in [3.05, 3.63) is 292 Å². The smallest absolute Gasteiger partial charge is 0.399 e. The molecule has 124 heavy (non-hydrogen) atoms. The minimum absolute atomic E-state index is 0.0875. The number of nitrogens with zero attached hydrogens (tertiary/aromatic N) is 4. The van der Waals surface area contributed by atoms with Gasteiger partial charge in [-0.1, -0.05) is 380 Å². The van der Waals surface area contributed by atoms with Crippen LogP contribution in [0.15, 0.2) is 248 Å². The van der Waals surface area contributed by atoms with E-state index >= 15 is 0 Å². The molecule has 1 aliphatic rings. The van der Waals surface area contributed by atoms with Crippen molar-refractivity contribution in [2.24, 2.45) is 21.7 Å². The van der Waals surface area contributed by atoms with Crippen molar-refractivity contribution in [2.75, 3.05) is 0 Å². The number of aromatic nitrogens is 4. The first kappa shape index (κ1) is 95.7.